The molecule has 1 fully saturated rings. The number of hydrogen-bond donors (Lipinski definition) is 1. The van der Waals surface area contributed by atoms with E-state index in [4.69, 9.17) is 23.9 Å². The van der Waals surface area contributed by atoms with Crippen LogP contribution in [0.4, 0.5) is 4.79 Å². The Morgan fingerprint density at radius 2 is 1.68 bits per heavy atom. The molecule has 7 nitrogen and oxygen atoms in total. The minimum atomic E-state index is -0.435. The summed E-state index contributed by atoms with van der Waals surface area (Å²) in [6.45, 7) is 11.1. The third-order valence-electron chi connectivity index (χ3n) is 5.09. The van der Waals surface area contributed by atoms with E-state index >= 15 is 0 Å². The van der Waals surface area contributed by atoms with Crippen molar-refractivity contribution in [3.05, 3.63) is 24.3 Å². The maximum absolute atomic E-state index is 11.9. The second kappa shape index (κ2) is 9.63. The molecule has 1 heterocycles. The first-order chi connectivity index (χ1) is 13.2. The van der Waals surface area contributed by atoms with Gasteiger partial charge in [0.15, 0.2) is 0 Å². The molecule has 156 valence electrons. The van der Waals surface area contributed by atoms with Crippen molar-refractivity contribution in [2.75, 3.05) is 32.9 Å². The number of rotatable bonds is 9. The van der Waals surface area contributed by atoms with Crippen LogP contribution in [0.1, 0.15) is 41.0 Å². The Bertz CT molecular complexity index is 618. The van der Waals surface area contributed by atoms with Crippen molar-refractivity contribution in [2.45, 2.75) is 52.2 Å². The number of nitrogens with zero attached hydrogens (tertiary/aromatic N) is 1. The van der Waals surface area contributed by atoms with Crippen molar-refractivity contribution >= 4 is 18.7 Å². The van der Waals surface area contributed by atoms with Crippen LogP contribution in [0.2, 0.25) is 0 Å². The van der Waals surface area contributed by atoms with E-state index in [2.05, 4.69) is 0 Å². The van der Waals surface area contributed by atoms with E-state index in [9.17, 15) is 4.79 Å². The number of amides is 1. The summed E-state index contributed by atoms with van der Waals surface area (Å²) >= 11 is 0. The Morgan fingerprint density at radius 3 is 2.21 bits per heavy atom. The Kier molecular flexibility index (Phi) is 7.74. The van der Waals surface area contributed by atoms with Gasteiger partial charge in [0.1, 0.15) is 12.4 Å². The van der Waals surface area contributed by atoms with Crippen LogP contribution in [0.5, 0.6) is 5.75 Å². The van der Waals surface area contributed by atoms with Crippen LogP contribution in [-0.4, -0.2) is 67.3 Å². The third-order valence-corrected chi connectivity index (χ3v) is 5.09. The van der Waals surface area contributed by atoms with Gasteiger partial charge in [-0.3, -0.25) is 0 Å². The Balaban J connectivity index is 1.86. The molecule has 0 atom stereocenters. The van der Waals surface area contributed by atoms with Gasteiger partial charge in [0.2, 0.25) is 0 Å². The Morgan fingerprint density at radius 1 is 1.07 bits per heavy atom. The Labute approximate surface area is 168 Å². The molecule has 0 bridgehead atoms. The first kappa shape index (κ1) is 22.5. The van der Waals surface area contributed by atoms with Crippen molar-refractivity contribution in [1.29, 1.82) is 0 Å². The summed E-state index contributed by atoms with van der Waals surface area (Å²) in [6.07, 6.45) is 0.320. The smallest absolute Gasteiger partial charge is 0.492 e. The summed E-state index contributed by atoms with van der Waals surface area (Å²) in [5.41, 5.74) is 0.168. The van der Waals surface area contributed by atoms with Crippen molar-refractivity contribution in [3.8, 4) is 5.75 Å². The SMILES string of the molecule is CCCOC(=O)N(CCO)CCOc1ccc(B2OC(C)(C)C(C)(C)O2)cc1. The van der Waals surface area contributed by atoms with Crippen LogP contribution in [0.15, 0.2) is 24.3 Å². The highest BCUT2D eigenvalue weighted by Gasteiger charge is 2.51. The molecule has 0 spiro atoms. The van der Waals surface area contributed by atoms with Gasteiger partial charge in [0.25, 0.3) is 0 Å². The molecule has 8 heteroatoms. The predicted molar refractivity (Wildman–Crippen MR) is 108 cm³/mol. The molecule has 0 saturated carbocycles. The molecule has 1 aromatic carbocycles. The molecule has 1 aliphatic heterocycles. The fourth-order valence-electron chi connectivity index (χ4n) is 2.67. The summed E-state index contributed by atoms with van der Waals surface area (Å²) in [5, 5.41) is 9.12. The average Bonchev–Trinajstić information content (AvgIpc) is 2.87. The molecule has 0 aromatic heterocycles. The van der Waals surface area contributed by atoms with Crippen molar-refractivity contribution < 1.29 is 28.7 Å². The molecular weight excluding hydrogens is 361 g/mol. The summed E-state index contributed by atoms with van der Waals surface area (Å²) in [4.78, 5) is 13.4. The van der Waals surface area contributed by atoms with Crippen molar-refractivity contribution in [1.82, 2.24) is 4.90 Å². The number of benzene rings is 1. The summed E-state index contributed by atoms with van der Waals surface area (Å²) in [6, 6.07) is 7.54. The number of aliphatic hydroxyl groups excluding tert-OH is 1. The maximum Gasteiger partial charge on any atom is 0.494 e. The molecule has 1 saturated heterocycles. The van der Waals surface area contributed by atoms with Crippen molar-refractivity contribution in [2.24, 2.45) is 0 Å². The van der Waals surface area contributed by atoms with Gasteiger partial charge in [0, 0.05) is 6.54 Å². The van der Waals surface area contributed by atoms with Gasteiger partial charge >= 0.3 is 13.2 Å². The van der Waals surface area contributed by atoms with Crippen LogP contribution in [0.25, 0.3) is 0 Å². The zero-order chi connectivity index (χ0) is 20.8. The molecule has 1 N–H and O–H groups in total. The van der Waals surface area contributed by atoms with Crippen LogP contribution >= 0.6 is 0 Å². The van der Waals surface area contributed by atoms with E-state index < -0.39 is 13.2 Å². The van der Waals surface area contributed by atoms with E-state index in [0.29, 0.717) is 25.5 Å². The fourth-order valence-corrected chi connectivity index (χ4v) is 2.67. The minimum Gasteiger partial charge on any atom is -0.492 e. The lowest BCUT2D eigenvalue weighted by atomic mass is 9.79. The van der Waals surface area contributed by atoms with Gasteiger partial charge in [0.05, 0.1) is 31.0 Å². The van der Waals surface area contributed by atoms with Crippen LogP contribution in [-0.2, 0) is 14.0 Å². The number of carbonyl (C=O) groups excluding carboxylic acids is 1. The lowest BCUT2D eigenvalue weighted by Crippen LogP contribution is -2.41. The highest BCUT2D eigenvalue weighted by Crippen LogP contribution is 2.36. The van der Waals surface area contributed by atoms with Crippen LogP contribution < -0.4 is 10.2 Å². The standard InChI is InChI=1S/C20H32BNO6/c1-6-14-26-18(24)22(11-13-23)12-15-25-17-9-7-16(8-10-17)21-27-19(2,3)20(4,5)28-21/h7-10,23H,6,11-15H2,1-5H3. The second-order valence-electron chi connectivity index (χ2n) is 7.83. The molecule has 0 unspecified atom stereocenters. The second-order valence-corrected chi connectivity index (χ2v) is 7.83. The van der Waals surface area contributed by atoms with Crippen molar-refractivity contribution in [3.63, 3.8) is 0 Å². The van der Waals surface area contributed by atoms with Gasteiger partial charge in [-0.1, -0.05) is 19.1 Å². The molecule has 1 aliphatic rings. The van der Waals surface area contributed by atoms with E-state index in [-0.39, 0.29) is 24.4 Å². The average molecular weight is 393 g/mol. The molecule has 0 radical (unpaired) electrons. The first-order valence-corrected chi connectivity index (χ1v) is 9.81. The fraction of sp³-hybridized carbons (Fsp3) is 0.650. The quantitative estimate of drug-likeness (QED) is 0.649. The number of carbonyl (C=O) groups is 1. The lowest BCUT2D eigenvalue weighted by molar-refractivity contribution is 0.00578. The summed E-state index contributed by atoms with van der Waals surface area (Å²) < 4.78 is 22.9. The van der Waals surface area contributed by atoms with Gasteiger partial charge in [-0.05, 0) is 51.7 Å². The van der Waals surface area contributed by atoms with E-state index in [1.54, 1.807) is 0 Å². The first-order valence-electron chi connectivity index (χ1n) is 9.81. The predicted octanol–water partition coefficient (Wildman–Crippen LogP) is 2.21. The molecule has 1 aromatic rings. The zero-order valence-electron chi connectivity index (χ0n) is 17.6. The zero-order valence-corrected chi connectivity index (χ0v) is 17.6. The van der Waals surface area contributed by atoms with Gasteiger partial charge in [-0.15, -0.1) is 0 Å². The molecule has 2 rings (SSSR count). The highest BCUT2D eigenvalue weighted by atomic mass is 16.7. The summed E-state index contributed by atoms with van der Waals surface area (Å²) in [5.74, 6) is 0.686. The number of ether oxygens (including phenoxy) is 2. The number of hydrogen-bond acceptors (Lipinski definition) is 6. The minimum absolute atomic E-state index is 0.121. The van der Waals surface area contributed by atoms with Gasteiger partial charge in [-0.25, -0.2) is 4.79 Å². The largest absolute Gasteiger partial charge is 0.494 e. The lowest BCUT2D eigenvalue weighted by Gasteiger charge is -2.32. The van der Waals surface area contributed by atoms with E-state index in [1.807, 2.05) is 58.9 Å². The van der Waals surface area contributed by atoms with Crippen LogP contribution in [0, 0.1) is 0 Å². The topological polar surface area (TPSA) is 77.5 Å². The normalized spacial score (nSPS) is 17.4. The van der Waals surface area contributed by atoms with E-state index in [0.717, 1.165) is 11.9 Å². The number of aliphatic hydroxyl groups is 1. The summed E-state index contributed by atoms with van der Waals surface area (Å²) in [7, 11) is -0.410. The molecular formula is C20H32BNO6. The molecule has 1 amide bonds. The third kappa shape index (κ3) is 5.62. The van der Waals surface area contributed by atoms with E-state index in [1.165, 1.54) is 4.90 Å². The van der Waals surface area contributed by atoms with Crippen LogP contribution in [0.3, 0.4) is 0 Å². The van der Waals surface area contributed by atoms with Gasteiger partial charge < -0.3 is 28.8 Å². The maximum atomic E-state index is 11.9. The van der Waals surface area contributed by atoms with Gasteiger partial charge in [-0.2, -0.15) is 0 Å². The molecule has 28 heavy (non-hydrogen) atoms. The monoisotopic (exact) mass is 393 g/mol. The Hall–Kier alpha value is -1.77. The highest BCUT2D eigenvalue weighted by molar-refractivity contribution is 6.62. The molecule has 0 aliphatic carbocycles.